The highest BCUT2D eigenvalue weighted by Crippen LogP contribution is 2.30. The average molecular weight is 208 g/mol. The summed E-state index contributed by atoms with van der Waals surface area (Å²) in [5, 5.41) is 0. The molecule has 4 aliphatic rings. The van der Waals surface area contributed by atoms with E-state index in [2.05, 4.69) is 9.80 Å². The van der Waals surface area contributed by atoms with Crippen molar-refractivity contribution in [2.45, 2.75) is 31.7 Å². The lowest BCUT2D eigenvalue weighted by molar-refractivity contribution is -0.132. The van der Waals surface area contributed by atoms with Gasteiger partial charge in [0, 0.05) is 32.1 Å². The van der Waals surface area contributed by atoms with Crippen LogP contribution in [0.2, 0.25) is 0 Å². The molecular formula is C12H20N2O. The van der Waals surface area contributed by atoms with Gasteiger partial charge in [-0.05, 0) is 25.8 Å². The predicted octanol–water partition coefficient (Wildman–Crippen LogP) is 0.745. The summed E-state index contributed by atoms with van der Waals surface area (Å²) in [6.07, 6.45) is 4.83. The van der Waals surface area contributed by atoms with Gasteiger partial charge in [0.25, 0.3) is 0 Å². The zero-order valence-electron chi connectivity index (χ0n) is 9.32. The fraction of sp³-hybridized carbons (Fsp3) is 0.917. The summed E-state index contributed by atoms with van der Waals surface area (Å²) in [5.74, 6) is 0.961. The largest absolute Gasteiger partial charge is 0.300 e. The van der Waals surface area contributed by atoms with Crippen molar-refractivity contribution < 1.29 is 4.79 Å². The zero-order valence-corrected chi connectivity index (χ0v) is 9.32. The summed E-state index contributed by atoms with van der Waals surface area (Å²) in [4.78, 5) is 17.2. The first kappa shape index (κ1) is 9.79. The zero-order chi connectivity index (χ0) is 10.3. The first-order valence-corrected chi connectivity index (χ1v) is 6.35. The maximum Gasteiger partial charge on any atom is 0.154 e. The monoisotopic (exact) mass is 208 g/mol. The molecule has 1 saturated carbocycles. The Morgan fingerprint density at radius 1 is 1.00 bits per heavy atom. The van der Waals surface area contributed by atoms with Crippen LogP contribution >= 0.6 is 0 Å². The molecule has 0 radical (unpaired) electrons. The number of ketones is 1. The van der Waals surface area contributed by atoms with E-state index in [9.17, 15) is 4.79 Å². The standard InChI is InChI=1S/C12H20N2O/c15-12(10-3-1-4-10)11-9-13-5-2-6-14(11)8-7-13/h10-11H,1-9H2. The number of piperazine rings is 1. The number of hydrogen-bond acceptors (Lipinski definition) is 3. The molecule has 3 heteroatoms. The van der Waals surface area contributed by atoms with Crippen LogP contribution in [0.4, 0.5) is 0 Å². The van der Waals surface area contributed by atoms with Crippen LogP contribution in [0.1, 0.15) is 25.7 Å². The molecule has 4 fully saturated rings. The van der Waals surface area contributed by atoms with E-state index in [1.54, 1.807) is 0 Å². The van der Waals surface area contributed by atoms with E-state index in [1.807, 2.05) is 0 Å². The molecule has 0 spiro atoms. The predicted molar refractivity (Wildman–Crippen MR) is 58.8 cm³/mol. The van der Waals surface area contributed by atoms with Gasteiger partial charge in [-0.2, -0.15) is 0 Å². The van der Waals surface area contributed by atoms with Crippen LogP contribution in [0.25, 0.3) is 0 Å². The minimum Gasteiger partial charge on any atom is -0.300 e. The van der Waals surface area contributed by atoms with E-state index in [0.29, 0.717) is 11.7 Å². The van der Waals surface area contributed by atoms with Crippen molar-refractivity contribution >= 4 is 5.78 Å². The first-order chi connectivity index (χ1) is 7.34. The molecule has 2 bridgehead atoms. The Bertz CT molecular complexity index is 258. The normalized spacial score (nSPS) is 40.9. The van der Waals surface area contributed by atoms with Crippen molar-refractivity contribution in [3.8, 4) is 0 Å². The first-order valence-electron chi connectivity index (χ1n) is 6.35. The maximum atomic E-state index is 12.3. The summed E-state index contributed by atoms with van der Waals surface area (Å²) in [6, 6.07) is 0.242. The van der Waals surface area contributed by atoms with Gasteiger partial charge in [0.2, 0.25) is 0 Å². The molecule has 0 aromatic rings. The molecule has 3 aliphatic heterocycles. The van der Waals surface area contributed by atoms with Crippen LogP contribution in [-0.4, -0.2) is 54.3 Å². The van der Waals surface area contributed by atoms with Crippen molar-refractivity contribution in [2.75, 3.05) is 32.7 Å². The van der Waals surface area contributed by atoms with Gasteiger partial charge in [-0.15, -0.1) is 0 Å². The van der Waals surface area contributed by atoms with Crippen LogP contribution in [0.5, 0.6) is 0 Å². The van der Waals surface area contributed by atoms with E-state index in [-0.39, 0.29) is 6.04 Å². The van der Waals surface area contributed by atoms with Crippen LogP contribution in [0, 0.1) is 5.92 Å². The van der Waals surface area contributed by atoms with Gasteiger partial charge < -0.3 is 4.90 Å². The summed E-state index contributed by atoms with van der Waals surface area (Å²) < 4.78 is 0. The number of carbonyl (C=O) groups excluding carboxylic acids is 1. The van der Waals surface area contributed by atoms with Gasteiger partial charge in [0.05, 0.1) is 6.04 Å². The summed E-state index contributed by atoms with van der Waals surface area (Å²) in [7, 11) is 0. The molecule has 3 nitrogen and oxygen atoms in total. The average Bonchev–Trinajstić information content (AvgIpc) is 2.48. The van der Waals surface area contributed by atoms with Crippen LogP contribution in [-0.2, 0) is 4.79 Å². The van der Waals surface area contributed by atoms with Crippen molar-refractivity contribution in [3.63, 3.8) is 0 Å². The van der Waals surface area contributed by atoms with Crippen LogP contribution in [0.3, 0.4) is 0 Å². The second-order valence-corrected chi connectivity index (χ2v) is 5.24. The molecule has 0 N–H and O–H groups in total. The molecule has 84 valence electrons. The van der Waals surface area contributed by atoms with Gasteiger partial charge in [0.15, 0.2) is 5.78 Å². The van der Waals surface area contributed by atoms with Gasteiger partial charge in [0.1, 0.15) is 0 Å². The molecule has 3 saturated heterocycles. The number of nitrogens with zero attached hydrogens (tertiary/aromatic N) is 2. The van der Waals surface area contributed by atoms with Crippen molar-refractivity contribution in [3.05, 3.63) is 0 Å². The number of hydrogen-bond donors (Lipinski definition) is 0. The second kappa shape index (κ2) is 3.87. The fourth-order valence-electron chi connectivity index (χ4n) is 3.08. The van der Waals surface area contributed by atoms with Crippen LogP contribution in [0.15, 0.2) is 0 Å². The number of rotatable bonds is 2. The molecule has 0 aromatic heterocycles. The molecule has 4 rings (SSSR count). The topological polar surface area (TPSA) is 23.6 Å². The molecule has 1 aliphatic carbocycles. The smallest absolute Gasteiger partial charge is 0.154 e. The minimum atomic E-state index is 0.242. The quantitative estimate of drug-likeness (QED) is 0.669. The summed E-state index contributed by atoms with van der Waals surface area (Å²) in [6.45, 7) is 5.64. The molecule has 3 heterocycles. The number of Topliss-reactive ketones (excluding diaryl/α,β-unsaturated/α-hetero) is 1. The molecule has 3 atom stereocenters. The Morgan fingerprint density at radius 2 is 1.87 bits per heavy atom. The molecule has 3 unspecified atom stereocenters. The number of fused-ring (bicyclic) bond motifs is 4. The summed E-state index contributed by atoms with van der Waals surface area (Å²) in [5.41, 5.74) is 0. The van der Waals surface area contributed by atoms with Gasteiger partial charge in [-0.3, -0.25) is 9.69 Å². The van der Waals surface area contributed by atoms with Gasteiger partial charge >= 0.3 is 0 Å². The fourth-order valence-corrected chi connectivity index (χ4v) is 3.08. The summed E-state index contributed by atoms with van der Waals surface area (Å²) >= 11 is 0. The van der Waals surface area contributed by atoms with E-state index < -0.39 is 0 Å². The lowest BCUT2D eigenvalue weighted by atomic mass is 9.79. The number of carbonyl (C=O) groups is 1. The third-order valence-electron chi connectivity index (χ3n) is 4.33. The Morgan fingerprint density at radius 3 is 2.60 bits per heavy atom. The third-order valence-corrected chi connectivity index (χ3v) is 4.33. The van der Waals surface area contributed by atoms with E-state index in [4.69, 9.17) is 0 Å². The van der Waals surface area contributed by atoms with Crippen molar-refractivity contribution in [1.82, 2.24) is 9.80 Å². The highest BCUT2D eigenvalue weighted by Gasteiger charge is 2.38. The second-order valence-electron chi connectivity index (χ2n) is 5.24. The van der Waals surface area contributed by atoms with E-state index in [1.165, 1.54) is 25.9 Å². The lowest BCUT2D eigenvalue weighted by Gasteiger charge is -2.39. The van der Waals surface area contributed by atoms with Crippen molar-refractivity contribution in [1.29, 1.82) is 0 Å². The Balaban J connectivity index is 1.71. The molecule has 0 amide bonds. The Kier molecular flexibility index (Phi) is 2.53. The molecular weight excluding hydrogens is 188 g/mol. The highest BCUT2D eigenvalue weighted by molar-refractivity contribution is 5.87. The molecule has 15 heavy (non-hydrogen) atoms. The lowest BCUT2D eigenvalue weighted by Crippen LogP contribution is -2.55. The van der Waals surface area contributed by atoms with Gasteiger partial charge in [-0.25, -0.2) is 0 Å². The van der Waals surface area contributed by atoms with E-state index in [0.717, 1.165) is 32.5 Å². The molecule has 0 aromatic carbocycles. The Labute approximate surface area is 91.4 Å². The minimum absolute atomic E-state index is 0.242. The van der Waals surface area contributed by atoms with Crippen LogP contribution < -0.4 is 0 Å². The highest BCUT2D eigenvalue weighted by atomic mass is 16.1. The van der Waals surface area contributed by atoms with Crippen molar-refractivity contribution in [2.24, 2.45) is 5.92 Å². The SMILES string of the molecule is O=C(C1CCC1)C1CN2CCCN1CC2. The Hall–Kier alpha value is -0.410. The van der Waals surface area contributed by atoms with Gasteiger partial charge in [-0.1, -0.05) is 6.42 Å². The third kappa shape index (κ3) is 1.72. The maximum absolute atomic E-state index is 12.3. The van der Waals surface area contributed by atoms with E-state index >= 15 is 0 Å².